The lowest BCUT2D eigenvalue weighted by Gasteiger charge is -2.30. The van der Waals surface area contributed by atoms with E-state index in [1.54, 1.807) is 62.4 Å². The topological polar surface area (TPSA) is 153 Å². The second kappa shape index (κ2) is 15.6. The smallest absolute Gasteiger partial charge is 0.338 e. The highest BCUT2D eigenvalue weighted by atomic mass is 79.9. The first-order valence-corrected chi connectivity index (χ1v) is 15.4. The van der Waals surface area contributed by atoms with Gasteiger partial charge in [0.05, 0.1) is 38.3 Å². The van der Waals surface area contributed by atoms with Gasteiger partial charge in [-0.1, -0.05) is 30.3 Å². The molecule has 1 heterocycles. The molecule has 0 fully saturated rings. The number of para-hydroxylation sites is 1. The van der Waals surface area contributed by atoms with Gasteiger partial charge in [0.1, 0.15) is 18.1 Å². The number of carbonyl (C=O) groups is 2. The first kappa shape index (κ1) is 33.6. The molecule has 0 bridgehead atoms. The average Bonchev–Trinajstić information content (AvgIpc) is 2.99. The molecule has 0 unspecified atom stereocenters. The van der Waals surface area contributed by atoms with Crippen LogP contribution in [-0.2, 0) is 20.9 Å². The van der Waals surface area contributed by atoms with Gasteiger partial charge >= 0.3 is 5.97 Å². The Kier molecular flexibility index (Phi) is 11.6. The monoisotopic (exact) mass is 759 g/mol. The molecule has 1 aliphatic rings. The number of hydrogen-bond acceptors (Lipinski definition) is 9. The Morgan fingerprint density at radius 2 is 1.84 bits per heavy atom. The van der Waals surface area contributed by atoms with Gasteiger partial charge in [0.2, 0.25) is 0 Å². The van der Waals surface area contributed by atoms with Crippen molar-refractivity contribution in [2.24, 2.45) is 5.10 Å². The third kappa shape index (κ3) is 8.86. The zero-order valence-corrected chi connectivity index (χ0v) is 28.0. The van der Waals surface area contributed by atoms with Crippen molar-refractivity contribution in [3.63, 3.8) is 0 Å². The van der Waals surface area contributed by atoms with E-state index >= 15 is 0 Å². The minimum Gasteiger partial charge on any atom is -0.487 e. The molecule has 3 N–H and O–H groups in total. The minimum atomic E-state index is -0.648. The summed E-state index contributed by atoms with van der Waals surface area (Å²) in [6.07, 6.45) is 1.45. The Hall–Kier alpha value is -4.34. The zero-order chi connectivity index (χ0) is 32.5. The fourth-order valence-electron chi connectivity index (χ4n) is 4.32. The van der Waals surface area contributed by atoms with Gasteiger partial charge in [0, 0.05) is 23.4 Å². The summed E-state index contributed by atoms with van der Waals surface area (Å²) in [7, 11) is 0. The molecule has 0 aromatic heterocycles. The van der Waals surface area contributed by atoms with Crippen molar-refractivity contribution in [3.8, 4) is 11.5 Å². The molecule has 1 atom stereocenters. The van der Waals surface area contributed by atoms with Crippen molar-refractivity contribution >= 4 is 73.0 Å². The highest BCUT2D eigenvalue weighted by Crippen LogP contribution is 2.36. The quantitative estimate of drug-likeness (QED) is 0.0701. The Morgan fingerprint density at radius 3 is 2.56 bits per heavy atom. The van der Waals surface area contributed by atoms with Crippen LogP contribution in [-0.4, -0.2) is 41.3 Å². The van der Waals surface area contributed by atoms with Crippen LogP contribution in [0.15, 0.2) is 86.0 Å². The van der Waals surface area contributed by atoms with E-state index in [9.17, 15) is 19.7 Å². The molecule has 45 heavy (non-hydrogen) atoms. The number of nitrogens with one attached hydrogen (secondary N) is 3. The third-order valence-corrected chi connectivity index (χ3v) is 7.68. The van der Waals surface area contributed by atoms with E-state index in [-0.39, 0.29) is 25.5 Å². The standard InChI is InChI=1S/C30H27Br2N5O7S/c1-3-42-29(39)26-17(2)34-30(45)35-27(26)21-9-4-5-10-24(21)43-16-25(38)36-33-14-19-12-22(31)28(23(32)13-19)44-15-18-7-6-8-20(11-18)37(40)41/h4-14,27H,3,15-16H2,1-2H3,(H,36,38)(H2,34,35,45)/t27-/m1/s1. The molecule has 3 aromatic rings. The number of benzene rings is 3. The molecule has 12 nitrogen and oxygen atoms in total. The molecule has 0 saturated heterocycles. The van der Waals surface area contributed by atoms with Gasteiger partial charge < -0.3 is 24.8 Å². The third-order valence-electron chi connectivity index (χ3n) is 6.28. The van der Waals surface area contributed by atoms with Gasteiger partial charge in [-0.3, -0.25) is 14.9 Å². The second-order valence-electron chi connectivity index (χ2n) is 9.44. The van der Waals surface area contributed by atoms with Crippen LogP contribution >= 0.6 is 44.1 Å². The fraction of sp³-hybridized carbons (Fsp3) is 0.200. The number of nitrogens with zero attached hydrogens (tertiary/aromatic N) is 2. The number of esters is 1. The summed E-state index contributed by atoms with van der Waals surface area (Å²) in [4.78, 5) is 35.9. The maximum absolute atomic E-state index is 12.7. The number of carbonyl (C=O) groups excluding carboxylic acids is 2. The second-order valence-corrected chi connectivity index (χ2v) is 11.6. The number of rotatable bonds is 12. The van der Waals surface area contributed by atoms with Crippen LogP contribution in [0.4, 0.5) is 5.69 Å². The molecule has 0 spiro atoms. The molecule has 0 saturated carbocycles. The van der Waals surface area contributed by atoms with Gasteiger partial charge in [-0.25, -0.2) is 10.2 Å². The number of ether oxygens (including phenoxy) is 3. The van der Waals surface area contributed by atoms with Crippen molar-refractivity contribution in [2.45, 2.75) is 26.5 Å². The van der Waals surface area contributed by atoms with Gasteiger partial charge in [0.25, 0.3) is 11.6 Å². The Bertz CT molecular complexity index is 1680. The summed E-state index contributed by atoms with van der Waals surface area (Å²) in [5.74, 6) is -0.135. The van der Waals surface area contributed by atoms with Crippen molar-refractivity contribution < 1.29 is 28.7 Å². The van der Waals surface area contributed by atoms with Crippen LogP contribution in [0.5, 0.6) is 11.5 Å². The fourth-order valence-corrected chi connectivity index (χ4v) is 6.04. The maximum atomic E-state index is 12.7. The number of nitro groups is 1. The number of non-ortho nitro benzene ring substituents is 1. The number of hydrogen-bond donors (Lipinski definition) is 3. The lowest BCUT2D eigenvalue weighted by Crippen LogP contribution is -2.45. The van der Waals surface area contributed by atoms with E-state index in [0.717, 1.165) is 0 Å². The van der Waals surface area contributed by atoms with Gasteiger partial charge in [-0.2, -0.15) is 5.10 Å². The summed E-state index contributed by atoms with van der Waals surface area (Å²) >= 11 is 12.2. The normalized spacial score (nSPS) is 14.4. The van der Waals surface area contributed by atoms with Crippen LogP contribution in [0, 0.1) is 10.1 Å². The van der Waals surface area contributed by atoms with Crippen LogP contribution in [0.1, 0.15) is 36.6 Å². The highest BCUT2D eigenvalue weighted by molar-refractivity contribution is 9.11. The number of allylic oxidation sites excluding steroid dienone is 1. The molecule has 0 radical (unpaired) electrons. The van der Waals surface area contributed by atoms with E-state index in [2.05, 4.69) is 53.0 Å². The van der Waals surface area contributed by atoms with E-state index in [1.807, 2.05) is 0 Å². The number of thiocarbonyl (C=S) groups is 1. The first-order chi connectivity index (χ1) is 21.6. The molecule has 0 aliphatic carbocycles. The lowest BCUT2D eigenvalue weighted by molar-refractivity contribution is -0.384. The first-order valence-electron chi connectivity index (χ1n) is 13.4. The predicted octanol–water partition coefficient (Wildman–Crippen LogP) is 5.58. The number of nitro benzene ring substituents is 1. The van der Waals surface area contributed by atoms with Crippen LogP contribution in [0.2, 0.25) is 0 Å². The van der Waals surface area contributed by atoms with Crippen molar-refractivity contribution in [3.05, 3.63) is 108 Å². The van der Waals surface area contributed by atoms with Crippen molar-refractivity contribution in [1.29, 1.82) is 0 Å². The molecule has 1 aliphatic heterocycles. The Morgan fingerprint density at radius 1 is 1.11 bits per heavy atom. The van der Waals surface area contributed by atoms with Crippen LogP contribution in [0.25, 0.3) is 0 Å². The summed E-state index contributed by atoms with van der Waals surface area (Å²) in [6.45, 7) is 3.44. The number of amides is 1. The molecule has 4 rings (SSSR count). The zero-order valence-electron chi connectivity index (χ0n) is 24.0. The van der Waals surface area contributed by atoms with Gasteiger partial charge in [-0.05, 0) is 87.3 Å². The summed E-state index contributed by atoms with van der Waals surface area (Å²) < 4.78 is 18.1. The van der Waals surface area contributed by atoms with E-state index in [1.165, 1.54) is 18.3 Å². The van der Waals surface area contributed by atoms with Crippen molar-refractivity contribution in [2.75, 3.05) is 13.2 Å². The molecule has 1 amide bonds. The maximum Gasteiger partial charge on any atom is 0.338 e. The van der Waals surface area contributed by atoms with E-state index < -0.39 is 22.8 Å². The Balaban J connectivity index is 1.37. The molecule has 234 valence electrons. The molecular weight excluding hydrogens is 734 g/mol. The predicted molar refractivity (Wildman–Crippen MR) is 178 cm³/mol. The minimum absolute atomic E-state index is 0.0174. The molecule has 3 aromatic carbocycles. The van der Waals surface area contributed by atoms with E-state index in [4.69, 9.17) is 26.4 Å². The molecular formula is C30H27Br2N5O7S. The van der Waals surface area contributed by atoms with Crippen LogP contribution in [0.3, 0.4) is 0 Å². The van der Waals surface area contributed by atoms with Crippen molar-refractivity contribution in [1.82, 2.24) is 16.1 Å². The summed E-state index contributed by atoms with van der Waals surface area (Å²) in [6, 6.07) is 16.0. The van der Waals surface area contributed by atoms with Gasteiger partial charge in [-0.15, -0.1) is 0 Å². The number of hydrazone groups is 1. The van der Waals surface area contributed by atoms with E-state index in [0.29, 0.717) is 53.5 Å². The average molecular weight is 761 g/mol. The lowest BCUT2D eigenvalue weighted by atomic mass is 9.95. The highest BCUT2D eigenvalue weighted by Gasteiger charge is 2.32. The van der Waals surface area contributed by atoms with Gasteiger partial charge in [0.15, 0.2) is 11.7 Å². The Labute approximate surface area is 280 Å². The summed E-state index contributed by atoms with van der Waals surface area (Å²) in [5, 5.41) is 21.4. The summed E-state index contributed by atoms with van der Waals surface area (Å²) in [5.41, 5.74) is 5.21. The SMILES string of the molecule is CCOC(=O)C1=C(C)NC(=S)N[C@@H]1c1ccccc1OCC(=O)NN=Cc1cc(Br)c(OCc2cccc([N+](=O)[O-])c2)c(Br)c1. The van der Waals surface area contributed by atoms with Crippen LogP contribution < -0.4 is 25.5 Å². The largest absolute Gasteiger partial charge is 0.487 e. The number of halogens is 2. The molecule has 15 heteroatoms.